The molecule has 0 radical (unpaired) electrons. The zero-order valence-corrected chi connectivity index (χ0v) is 12.9. The van der Waals surface area contributed by atoms with Crippen molar-refractivity contribution >= 4 is 24.3 Å². The molecular weight excluding hydrogens is 322 g/mol. The topological polar surface area (TPSA) is 64.2 Å². The Hall–Kier alpha value is 0.0697. The molecule has 3 rings (SSSR count). The number of hydrogen-bond donors (Lipinski definition) is 3. The molecular formula is C12H17ArN3O4S. The van der Waals surface area contributed by atoms with Crippen LogP contribution in [0.4, 0.5) is 11.4 Å². The molecule has 2 aliphatic heterocycles. The van der Waals surface area contributed by atoms with Crippen LogP contribution < -0.4 is 20.4 Å². The van der Waals surface area contributed by atoms with Gasteiger partial charge < -0.3 is 15.0 Å². The molecule has 0 aliphatic carbocycles. The number of nitrogens with zero attached hydrogens (tertiary/aromatic N) is 1. The number of rotatable bonds is 5. The maximum absolute atomic E-state index is 5.76. The van der Waals surface area contributed by atoms with Crippen LogP contribution in [0.3, 0.4) is 0 Å². The van der Waals surface area contributed by atoms with E-state index >= 15 is 0 Å². The van der Waals surface area contributed by atoms with E-state index in [0.717, 1.165) is 56.3 Å². The first kappa shape index (κ1) is 17.4. The number of hydrogen-bond acceptors (Lipinski definition) is 8. The summed E-state index contributed by atoms with van der Waals surface area (Å²) in [5, 5.41) is 7.58. The molecule has 1 saturated heterocycles. The van der Waals surface area contributed by atoms with Crippen molar-refractivity contribution in [2.45, 2.75) is 6.42 Å². The fourth-order valence-electron chi connectivity index (χ4n) is 2.57. The van der Waals surface area contributed by atoms with Crippen LogP contribution in [0.1, 0.15) is 5.56 Å². The summed E-state index contributed by atoms with van der Waals surface area (Å²) in [4.78, 5) is 6.96. The maximum Gasteiger partial charge on any atom is 0.146 e. The first-order chi connectivity index (χ1) is 9.88. The third-order valence-electron chi connectivity index (χ3n) is 3.45. The molecule has 9 heteroatoms. The van der Waals surface area contributed by atoms with Gasteiger partial charge in [0.05, 0.1) is 18.0 Å². The number of fused-ring (bicyclic) bond motifs is 1. The average Bonchev–Trinajstić information content (AvgIpc) is 2.96. The van der Waals surface area contributed by atoms with Crippen LogP contribution in [0.15, 0.2) is 12.1 Å². The van der Waals surface area contributed by atoms with Crippen LogP contribution in [0, 0.1) is 37.7 Å². The Labute approximate surface area is 158 Å². The van der Waals surface area contributed by atoms with Gasteiger partial charge in [-0.3, -0.25) is 0 Å². The SMILES string of the molecule is SOOONc1cc2c(c(N3CCNCC3)c1)OCC2.[Ar]. The molecule has 0 unspecified atom stereocenters. The largest absolute Gasteiger partial charge is 0.491 e. The summed E-state index contributed by atoms with van der Waals surface area (Å²) in [6, 6.07) is 3.97. The second-order valence-electron chi connectivity index (χ2n) is 4.65. The van der Waals surface area contributed by atoms with E-state index in [9.17, 15) is 0 Å². The van der Waals surface area contributed by atoms with E-state index in [1.165, 1.54) is 5.56 Å². The van der Waals surface area contributed by atoms with Crippen molar-refractivity contribution in [1.82, 2.24) is 5.32 Å². The molecule has 21 heavy (non-hydrogen) atoms. The van der Waals surface area contributed by atoms with Crippen LogP contribution in [0.5, 0.6) is 5.75 Å². The van der Waals surface area contributed by atoms with Crippen molar-refractivity contribution in [2.75, 3.05) is 43.2 Å². The quantitative estimate of drug-likeness (QED) is 0.244. The number of thiol groups is 1. The number of piperazine rings is 1. The zero-order chi connectivity index (χ0) is 13.8. The van der Waals surface area contributed by atoms with E-state index in [1.54, 1.807) is 0 Å². The average molecular weight is 339 g/mol. The molecule has 0 bridgehead atoms. The number of ether oxygens (including phenoxy) is 1. The number of anilines is 2. The van der Waals surface area contributed by atoms with Crippen molar-refractivity contribution in [3.8, 4) is 5.75 Å². The van der Waals surface area contributed by atoms with Crippen molar-refractivity contribution < 1.29 is 56.8 Å². The van der Waals surface area contributed by atoms with E-state index in [-0.39, 0.29) is 37.7 Å². The number of nitrogens with one attached hydrogen (secondary N) is 2. The summed E-state index contributed by atoms with van der Waals surface area (Å²) >= 11 is 3.41. The van der Waals surface area contributed by atoms with Crippen molar-refractivity contribution in [3.63, 3.8) is 0 Å². The van der Waals surface area contributed by atoms with E-state index in [2.05, 4.69) is 43.0 Å². The van der Waals surface area contributed by atoms with Crippen molar-refractivity contribution in [1.29, 1.82) is 0 Å². The standard InChI is InChI=1S/C12H17N3O4S.Ar/c20-19-18-17-14-10-7-9-1-6-16-12(9)11(8-10)15-4-2-13-3-5-15;/h7-8,13-14,20H,1-6H2;. The molecule has 7 nitrogen and oxygen atoms in total. The van der Waals surface area contributed by atoms with E-state index < -0.39 is 0 Å². The summed E-state index contributed by atoms with van der Waals surface area (Å²) in [7, 11) is 0. The minimum Gasteiger partial charge on any atom is -0.491 e. The Morgan fingerprint density at radius 3 is 2.86 bits per heavy atom. The smallest absolute Gasteiger partial charge is 0.146 e. The minimum absolute atomic E-state index is 0. The van der Waals surface area contributed by atoms with Crippen LogP contribution in [-0.2, 0) is 20.8 Å². The van der Waals surface area contributed by atoms with Gasteiger partial charge in [0.15, 0.2) is 0 Å². The molecule has 1 aromatic rings. The molecule has 0 atom stereocenters. The van der Waals surface area contributed by atoms with Gasteiger partial charge in [0, 0.05) is 88.8 Å². The maximum atomic E-state index is 5.76. The summed E-state index contributed by atoms with van der Waals surface area (Å²) in [6.45, 7) is 4.57. The summed E-state index contributed by atoms with van der Waals surface area (Å²) < 4.78 is 9.83. The molecule has 2 N–H and O–H groups in total. The summed E-state index contributed by atoms with van der Waals surface area (Å²) in [5.74, 6) is 0.976. The Morgan fingerprint density at radius 2 is 2.10 bits per heavy atom. The Bertz CT molecular complexity index is 474. The summed E-state index contributed by atoms with van der Waals surface area (Å²) in [6.07, 6.45) is 0.897. The fraction of sp³-hybridized carbons (Fsp3) is 0.500. The molecule has 0 saturated carbocycles. The van der Waals surface area contributed by atoms with Gasteiger partial charge >= 0.3 is 0 Å². The second kappa shape index (κ2) is 8.64. The van der Waals surface area contributed by atoms with Crippen LogP contribution in [-0.4, -0.2) is 32.8 Å². The fourth-order valence-corrected chi connectivity index (χ4v) is 2.60. The Balaban J connectivity index is 0.00000161. The van der Waals surface area contributed by atoms with E-state index in [4.69, 9.17) is 4.74 Å². The molecule has 0 aromatic heterocycles. The van der Waals surface area contributed by atoms with Crippen LogP contribution >= 0.6 is 12.9 Å². The van der Waals surface area contributed by atoms with E-state index in [0.29, 0.717) is 0 Å². The van der Waals surface area contributed by atoms with Gasteiger partial charge in [-0.25, -0.2) is 5.48 Å². The predicted molar refractivity (Wildman–Crippen MR) is 76.6 cm³/mol. The third-order valence-corrected chi connectivity index (χ3v) is 3.51. The normalized spacial score (nSPS) is 16.9. The van der Waals surface area contributed by atoms with Crippen molar-refractivity contribution in [3.05, 3.63) is 17.7 Å². The minimum atomic E-state index is 0. The van der Waals surface area contributed by atoms with Gasteiger partial charge in [-0.05, 0) is 17.2 Å². The van der Waals surface area contributed by atoms with Gasteiger partial charge in [-0.2, -0.15) is 0 Å². The molecule has 2 heterocycles. The second-order valence-corrected chi connectivity index (χ2v) is 4.80. The van der Waals surface area contributed by atoms with Gasteiger partial charge in [0.1, 0.15) is 5.75 Å². The van der Waals surface area contributed by atoms with Gasteiger partial charge in [-0.1, -0.05) is 4.99 Å². The Kier molecular flexibility index (Phi) is 7.17. The molecule has 1 fully saturated rings. The van der Waals surface area contributed by atoms with Gasteiger partial charge in [0.2, 0.25) is 0 Å². The van der Waals surface area contributed by atoms with Gasteiger partial charge in [-0.15, -0.1) is 4.33 Å². The molecule has 1 aromatic carbocycles. The monoisotopic (exact) mass is 339 g/mol. The van der Waals surface area contributed by atoms with Crippen molar-refractivity contribution in [2.24, 2.45) is 0 Å². The molecule has 0 amide bonds. The zero-order valence-electron chi connectivity index (χ0n) is 11.3. The third kappa shape index (κ3) is 4.29. The predicted octanol–water partition coefficient (Wildman–Crippen LogP) is 1.08. The van der Waals surface area contributed by atoms with Gasteiger partial charge in [0.25, 0.3) is 0 Å². The molecule has 0 spiro atoms. The Morgan fingerprint density at radius 1 is 1.29 bits per heavy atom. The summed E-state index contributed by atoms with van der Waals surface area (Å²) in [5.41, 5.74) is 5.69. The van der Waals surface area contributed by atoms with Crippen LogP contribution in [0.2, 0.25) is 0 Å². The van der Waals surface area contributed by atoms with E-state index in [1.807, 2.05) is 12.1 Å². The molecule has 118 valence electrons. The molecule has 2 aliphatic rings. The number of benzene rings is 1. The first-order valence-corrected chi connectivity index (χ1v) is 6.90. The van der Waals surface area contributed by atoms with Crippen LogP contribution in [0.25, 0.3) is 0 Å². The first-order valence-electron chi connectivity index (χ1n) is 6.53.